The Labute approximate surface area is 150 Å². The molecule has 2 saturated heterocycles. The first-order valence-electron chi connectivity index (χ1n) is 8.34. The van der Waals surface area contributed by atoms with Gasteiger partial charge in [-0.1, -0.05) is 12.2 Å². The molecular weight excluding hydrogens is 342 g/mol. The third-order valence-corrected chi connectivity index (χ3v) is 6.03. The molecule has 25 heavy (non-hydrogen) atoms. The number of methoxy groups -OCH3 is 1. The molecule has 4 atom stereocenters. The molecule has 4 heterocycles. The molecule has 0 unspecified atom stereocenters. The summed E-state index contributed by atoms with van der Waals surface area (Å²) in [6.45, 7) is 1.94. The van der Waals surface area contributed by atoms with E-state index < -0.39 is 17.4 Å². The van der Waals surface area contributed by atoms with Crippen molar-refractivity contribution in [3.63, 3.8) is 0 Å². The third kappa shape index (κ3) is 2.59. The van der Waals surface area contributed by atoms with Crippen molar-refractivity contribution in [1.82, 2.24) is 14.8 Å². The molecule has 0 saturated carbocycles. The van der Waals surface area contributed by atoms with Gasteiger partial charge in [0.05, 0.1) is 37.6 Å². The highest BCUT2D eigenvalue weighted by molar-refractivity contribution is 7.09. The van der Waals surface area contributed by atoms with Gasteiger partial charge in [0.1, 0.15) is 10.6 Å². The van der Waals surface area contributed by atoms with Crippen LogP contribution in [0.3, 0.4) is 0 Å². The Bertz CT molecular complexity index is 707. The maximum absolute atomic E-state index is 13.1. The van der Waals surface area contributed by atoms with Gasteiger partial charge in [-0.2, -0.15) is 0 Å². The molecule has 3 aliphatic heterocycles. The van der Waals surface area contributed by atoms with E-state index in [9.17, 15) is 9.59 Å². The Morgan fingerprint density at radius 1 is 1.60 bits per heavy atom. The molecule has 134 valence electrons. The number of thiazole rings is 1. The van der Waals surface area contributed by atoms with Crippen molar-refractivity contribution in [1.29, 1.82) is 0 Å². The lowest BCUT2D eigenvalue weighted by atomic mass is 9.76. The number of fused-ring (bicyclic) bond motifs is 1. The van der Waals surface area contributed by atoms with Crippen molar-refractivity contribution in [3.8, 4) is 0 Å². The van der Waals surface area contributed by atoms with E-state index >= 15 is 0 Å². The number of aromatic nitrogens is 1. The van der Waals surface area contributed by atoms with Crippen LogP contribution < -0.4 is 0 Å². The van der Waals surface area contributed by atoms with Crippen LogP contribution in [0, 0.1) is 11.8 Å². The SMILES string of the molecule is COCCN1C[C@]23C=C[C@H](O2)[C@@H](C(=O)N(C)Cc2nccs2)[C@@H]3C1=O. The molecule has 8 heteroatoms. The summed E-state index contributed by atoms with van der Waals surface area (Å²) in [5, 5.41) is 2.77. The van der Waals surface area contributed by atoms with Crippen LogP contribution >= 0.6 is 11.3 Å². The Hall–Kier alpha value is -1.77. The molecule has 0 N–H and O–H groups in total. The summed E-state index contributed by atoms with van der Waals surface area (Å²) in [6.07, 6.45) is 5.32. The molecule has 1 aromatic rings. The van der Waals surface area contributed by atoms with E-state index in [0.717, 1.165) is 5.01 Å². The molecule has 0 aromatic carbocycles. The lowest BCUT2D eigenvalue weighted by molar-refractivity contribution is -0.142. The summed E-state index contributed by atoms with van der Waals surface area (Å²) in [7, 11) is 3.37. The molecular formula is C17H21N3O4S. The molecule has 1 aromatic heterocycles. The number of hydrogen-bond donors (Lipinski definition) is 0. The Kier molecular flexibility index (Phi) is 4.13. The number of ether oxygens (including phenoxy) is 2. The van der Waals surface area contributed by atoms with E-state index in [-0.39, 0.29) is 17.9 Å². The maximum Gasteiger partial charge on any atom is 0.230 e. The van der Waals surface area contributed by atoms with Crippen LogP contribution in [-0.2, 0) is 25.6 Å². The number of carbonyl (C=O) groups is 2. The molecule has 2 fully saturated rings. The summed E-state index contributed by atoms with van der Waals surface area (Å²) in [5.74, 6) is -0.969. The molecule has 0 radical (unpaired) electrons. The van der Waals surface area contributed by atoms with E-state index in [4.69, 9.17) is 9.47 Å². The minimum absolute atomic E-state index is 0.00935. The van der Waals surface area contributed by atoms with Gasteiger partial charge in [0.2, 0.25) is 11.8 Å². The fourth-order valence-corrected chi connectivity index (χ4v) is 4.79. The average molecular weight is 363 g/mol. The lowest BCUT2D eigenvalue weighted by Gasteiger charge is -2.27. The summed E-state index contributed by atoms with van der Waals surface area (Å²) in [6, 6.07) is 0. The van der Waals surface area contributed by atoms with Crippen molar-refractivity contribution in [3.05, 3.63) is 28.7 Å². The predicted octanol–water partition coefficient (Wildman–Crippen LogP) is 0.530. The smallest absolute Gasteiger partial charge is 0.230 e. The van der Waals surface area contributed by atoms with Crippen LogP contribution in [0.25, 0.3) is 0 Å². The van der Waals surface area contributed by atoms with Gasteiger partial charge in [-0.15, -0.1) is 11.3 Å². The minimum Gasteiger partial charge on any atom is -0.383 e. The van der Waals surface area contributed by atoms with Crippen molar-refractivity contribution >= 4 is 23.2 Å². The zero-order chi connectivity index (χ0) is 17.6. The van der Waals surface area contributed by atoms with Crippen molar-refractivity contribution in [2.75, 3.05) is 33.9 Å². The van der Waals surface area contributed by atoms with Gasteiger partial charge >= 0.3 is 0 Å². The highest BCUT2D eigenvalue weighted by Gasteiger charge is 2.66. The fraction of sp³-hybridized carbons (Fsp3) is 0.588. The molecule has 1 spiro atoms. The van der Waals surface area contributed by atoms with Gasteiger partial charge in [0.15, 0.2) is 0 Å². The van der Waals surface area contributed by atoms with Gasteiger partial charge in [0, 0.05) is 32.3 Å². The van der Waals surface area contributed by atoms with Gasteiger partial charge < -0.3 is 19.3 Å². The van der Waals surface area contributed by atoms with Crippen LogP contribution in [0.2, 0.25) is 0 Å². The van der Waals surface area contributed by atoms with E-state index in [0.29, 0.717) is 26.2 Å². The van der Waals surface area contributed by atoms with Gasteiger partial charge in [0.25, 0.3) is 0 Å². The molecule has 2 bridgehead atoms. The topological polar surface area (TPSA) is 72.0 Å². The molecule has 2 amide bonds. The summed E-state index contributed by atoms with van der Waals surface area (Å²) >= 11 is 1.52. The first kappa shape index (κ1) is 16.7. The standard InChI is InChI=1S/C17H21N3O4S/c1-19(9-12-18-5-8-25-12)15(21)13-11-3-4-17(24-11)10-20(6-7-23-2)16(22)14(13)17/h3-5,8,11,13-14H,6-7,9-10H2,1-2H3/t11-,13+,14+,17-/m0/s1. The molecule has 4 rings (SSSR count). The Morgan fingerprint density at radius 3 is 3.16 bits per heavy atom. The summed E-state index contributed by atoms with van der Waals surface area (Å²) in [5.41, 5.74) is -0.655. The Morgan fingerprint density at radius 2 is 2.44 bits per heavy atom. The average Bonchev–Trinajstić information content (AvgIpc) is 3.35. The number of hydrogen-bond acceptors (Lipinski definition) is 6. The van der Waals surface area contributed by atoms with Crippen LogP contribution in [0.4, 0.5) is 0 Å². The largest absolute Gasteiger partial charge is 0.383 e. The fourth-order valence-electron chi connectivity index (χ4n) is 4.12. The number of amides is 2. The zero-order valence-corrected chi connectivity index (χ0v) is 15.1. The van der Waals surface area contributed by atoms with Crippen LogP contribution in [0.5, 0.6) is 0 Å². The molecule has 3 aliphatic rings. The first-order chi connectivity index (χ1) is 12.1. The highest BCUT2D eigenvalue weighted by atomic mass is 32.1. The minimum atomic E-state index is -0.655. The van der Waals surface area contributed by atoms with E-state index in [1.54, 1.807) is 30.2 Å². The molecule has 0 aliphatic carbocycles. The Balaban J connectivity index is 1.53. The second kappa shape index (κ2) is 6.19. The zero-order valence-electron chi connectivity index (χ0n) is 14.3. The second-order valence-electron chi connectivity index (χ2n) is 6.77. The van der Waals surface area contributed by atoms with Crippen LogP contribution in [-0.4, -0.2) is 72.2 Å². The van der Waals surface area contributed by atoms with E-state index in [2.05, 4.69) is 4.98 Å². The maximum atomic E-state index is 13.1. The quantitative estimate of drug-likeness (QED) is 0.690. The van der Waals surface area contributed by atoms with Crippen molar-refractivity contribution < 1.29 is 19.1 Å². The van der Waals surface area contributed by atoms with Gasteiger partial charge in [-0.25, -0.2) is 4.98 Å². The van der Waals surface area contributed by atoms with Crippen molar-refractivity contribution in [2.24, 2.45) is 11.8 Å². The molecule has 7 nitrogen and oxygen atoms in total. The van der Waals surface area contributed by atoms with Gasteiger partial charge in [-0.3, -0.25) is 9.59 Å². The number of likely N-dealkylation sites (tertiary alicyclic amines) is 1. The van der Waals surface area contributed by atoms with Crippen LogP contribution in [0.1, 0.15) is 5.01 Å². The summed E-state index contributed by atoms with van der Waals surface area (Å²) in [4.78, 5) is 33.6. The van der Waals surface area contributed by atoms with Gasteiger partial charge in [-0.05, 0) is 0 Å². The van der Waals surface area contributed by atoms with Crippen molar-refractivity contribution in [2.45, 2.75) is 18.2 Å². The highest BCUT2D eigenvalue weighted by Crippen LogP contribution is 2.52. The van der Waals surface area contributed by atoms with E-state index in [1.165, 1.54) is 11.3 Å². The second-order valence-corrected chi connectivity index (χ2v) is 7.75. The number of rotatable bonds is 6. The number of carbonyl (C=O) groups excluding carboxylic acids is 2. The first-order valence-corrected chi connectivity index (χ1v) is 9.22. The lowest BCUT2D eigenvalue weighted by Crippen LogP contribution is -2.44. The number of nitrogens with zero attached hydrogens (tertiary/aromatic N) is 3. The normalized spacial score (nSPS) is 32.5. The third-order valence-electron chi connectivity index (χ3n) is 5.26. The monoisotopic (exact) mass is 363 g/mol. The summed E-state index contributed by atoms with van der Waals surface area (Å²) < 4.78 is 11.2. The van der Waals surface area contributed by atoms with Crippen LogP contribution in [0.15, 0.2) is 23.7 Å². The van der Waals surface area contributed by atoms with E-state index in [1.807, 2.05) is 17.5 Å². The predicted molar refractivity (Wildman–Crippen MR) is 90.8 cm³/mol.